The van der Waals surface area contributed by atoms with Gasteiger partial charge in [0.05, 0.1) is 0 Å². The van der Waals surface area contributed by atoms with E-state index in [0.717, 1.165) is 6.42 Å². The number of hydrogen-bond acceptors (Lipinski definition) is 2. The summed E-state index contributed by atoms with van der Waals surface area (Å²) in [4.78, 5) is 1.48. The van der Waals surface area contributed by atoms with Crippen LogP contribution in [-0.2, 0) is 6.42 Å². The Bertz CT molecular complexity index is 358. The van der Waals surface area contributed by atoms with E-state index in [0.29, 0.717) is 5.41 Å². The van der Waals surface area contributed by atoms with Crippen molar-refractivity contribution in [3.05, 3.63) is 20.8 Å². The Morgan fingerprint density at radius 3 is 2.69 bits per heavy atom. The number of thiophene rings is 1. The van der Waals surface area contributed by atoms with Crippen molar-refractivity contribution in [3.63, 3.8) is 0 Å². The maximum atomic E-state index is 3.76. The van der Waals surface area contributed by atoms with E-state index in [1.807, 2.05) is 11.3 Å². The van der Waals surface area contributed by atoms with E-state index in [2.05, 4.69) is 53.5 Å². The molecular formula is C13H20BrNS. The molecule has 1 atom stereocenters. The molecule has 1 aliphatic rings. The second kappa shape index (κ2) is 4.43. The third kappa shape index (κ3) is 2.36. The second-order valence-corrected chi connectivity index (χ2v) is 7.68. The van der Waals surface area contributed by atoms with Gasteiger partial charge in [0.25, 0.3) is 0 Å². The predicted octanol–water partition coefficient (Wildman–Crippen LogP) is 4.22. The summed E-state index contributed by atoms with van der Waals surface area (Å²) in [5, 5.41) is 5.94. The molecule has 1 unspecified atom stereocenters. The number of halogens is 1. The molecule has 1 fully saturated rings. The van der Waals surface area contributed by atoms with Crippen molar-refractivity contribution < 1.29 is 0 Å². The molecule has 0 amide bonds. The zero-order valence-electron chi connectivity index (χ0n) is 10.3. The van der Waals surface area contributed by atoms with Gasteiger partial charge in [-0.3, -0.25) is 0 Å². The number of nitrogens with one attached hydrogen (secondary N) is 1. The van der Waals surface area contributed by atoms with Gasteiger partial charge in [0.1, 0.15) is 0 Å². The Balaban J connectivity index is 2.21. The van der Waals surface area contributed by atoms with Crippen LogP contribution in [0.4, 0.5) is 0 Å². The highest BCUT2D eigenvalue weighted by Gasteiger charge is 2.43. The zero-order chi connectivity index (χ0) is 11.8. The fourth-order valence-electron chi connectivity index (χ4n) is 2.61. The molecule has 0 aromatic carbocycles. The lowest BCUT2D eigenvalue weighted by atomic mass is 9.70. The Labute approximate surface area is 111 Å². The van der Waals surface area contributed by atoms with Crippen LogP contribution in [0, 0.1) is 5.41 Å². The van der Waals surface area contributed by atoms with Crippen molar-refractivity contribution in [3.8, 4) is 0 Å². The minimum atomic E-state index is 0.289. The summed E-state index contributed by atoms with van der Waals surface area (Å²) in [6, 6.07) is 2.26. The number of rotatable bonds is 2. The molecule has 90 valence electrons. The Hall–Kier alpha value is 0.140. The molecule has 1 N–H and O–H groups in total. The van der Waals surface area contributed by atoms with E-state index >= 15 is 0 Å². The van der Waals surface area contributed by atoms with E-state index in [9.17, 15) is 0 Å². The van der Waals surface area contributed by atoms with Gasteiger partial charge in [0, 0.05) is 26.7 Å². The minimum absolute atomic E-state index is 0.289. The summed E-state index contributed by atoms with van der Waals surface area (Å²) in [6.07, 6.45) is 3.77. The Kier molecular flexibility index (Phi) is 3.49. The van der Waals surface area contributed by atoms with E-state index in [1.165, 1.54) is 28.7 Å². The summed E-state index contributed by atoms with van der Waals surface area (Å²) in [5.74, 6) is 0. The van der Waals surface area contributed by atoms with Crippen LogP contribution in [0.25, 0.3) is 0 Å². The maximum Gasteiger partial charge on any atom is 0.0285 e. The van der Waals surface area contributed by atoms with Crippen LogP contribution in [-0.4, -0.2) is 12.1 Å². The van der Waals surface area contributed by atoms with Crippen LogP contribution in [0.3, 0.4) is 0 Å². The van der Waals surface area contributed by atoms with Gasteiger partial charge in [-0.25, -0.2) is 0 Å². The van der Waals surface area contributed by atoms with Gasteiger partial charge in [-0.2, -0.15) is 0 Å². The molecule has 1 nitrogen and oxygen atoms in total. The highest BCUT2D eigenvalue weighted by molar-refractivity contribution is 9.10. The fourth-order valence-corrected chi connectivity index (χ4v) is 4.17. The molecule has 1 aromatic heterocycles. The first-order chi connectivity index (χ1) is 7.43. The minimum Gasteiger partial charge on any atom is -0.310 e. The van der Waals surface area contributed by atoms with Crippen molar-refractivity contribution >= 4 is 27.3 Å². The van der Waals surface area contributed by atoms with Crippen LogP contribution >= 0.6 is 27.3 Å². The average Bonchev–Trinajstić information content (AvgIpc) is 2.75. The lowest BCUT2D eigenvalue weighted by Gasteiger charge is -2.42. The summed E-state index contributed by atoms with van der Waals surface area (Å²) in [6.45, 7) is 8.24. The first-order valence-corrected chi connectivity index (χ1v) is 7.58. The summed E-state index contributed by atoms with van der Waals surface area (Å²) in [5.41, 5.74) is 0.608. The third-order valence-corrected chi connectivity index (χ3v) is 5.47. The van der Waals surface area contributed by atoms with Crippen molar-refractivity contribution in [2.24, 2.45) is 5.41 Å². The summed E-state index contributed by atoms with van der Waals surface area (Å²) < 4.78 is 1.22. The molecule has 2 heterocycles. The van der Waals surface area contributed by atoms with Crippen LogP contribution in [0.2, 0.25) is 0 Å². The van der Waals surface area contributed by atoms with Crippen LogP contribution in [0.5, 0.6) is 0 Å². The first kappa shape index (κ1) is 12.6. The van der Waals surface area contributed by atoms with Crippen molar-refractivity contribution in [1.29, 1.82) is 0 Å². The van der Waals surface area contributed by atoms with Gasteiger partial charge in [-0.15, -0.1) is 11.3 Å². The Morgan fingerprint density at radius 1 is 1.50 bits per heavy atom. The predicted molar refractivity (Wildman–Crippen MR) is 75.1 cm³/mol. The molecular weight excluding hydrogens is 282 g/mol. The van der Waals surface area contributed by atoms with Gasteiger partial charge in [0.2, 0.25) is 0 Å². The fraction of sp³-hybridized carbons (Fsp3) is 0.692. The molecule has 0 aliphatic carbocycles. The molecule has 0 bridgehead atoms. The van der Waals surface area contributed by atoms with Crippen LogP contribution in [0.15, 0.2) is 15.9 Å². The highest BCUT2D eigenvalue weighted by atomic mass is 79.9. The normalized spacial score (nSPS) is 26.2. The van der Waals surface area contributed by atoms with Gasteiger partial charge in [-0.1, -0.05) is 20.8 Å². The molecule has 1 aromatic rings. The quantitative estimate of drug-likeness (QED) is 0.862. The average molecular weight is 302 g/mol. The topological polar surface area (TPSA) is 12.0 Å². The standard InChI is InChI=1S/C13H20BrNS/c1-12(2,3)13(5-4-6-15-13)8-11-7-10(14)9-16-11/h7,9,15H,4-6,8H2,1-3H3. The first-order valence-electron chi connectivity index (χ1n) is 5.91. The molecule has 0 spiro atoms. The van der Waals surface area contributed by atoms with Crippen LogP contribution in [0.1, 0.15) is 38.5 Å². The smallest absolute Gasteiger partial charge is 0.0285 e. The third-order valence-electron chi connectivity index (χ3n) is 3.78. The molecule has 0 saturated carbocycles. The monoisotopic (exact) mass is 301 g/mol. The van der Waals surface area contributed by atoms with Gasteiger partial charge in [-0.05, 0) is 46.8 Å². The van der Waals surface area contributed by atoms with E-state index in [-0.39, 0.29) is 5.54 Å². The van der Waals surface area contributed by atoms with Crippen molar-refractivity contribution in [1.82, 2.24) is 5.32 Å². The second-order valence-electron chi connectivity index (χ2n) is 5.77. The Morgan fingerprint density at radius 2 is 2.25 bits per heavy atom. The molecule has 16 heavy (non-hydrogen) atoms. The van der Waals surface area contributed by atoms with Crippen molar-refractivity contribution in [2.75, 3.05) is 6.54 Å². The molecule has 1 aliphatic heterocycles. The molecule has 0 radical (unpaired) electrons. The van der Waals surface area contributed by atoms with E-state index in [1.54, 1.807) is 0 Å². The molecule has 1 saturated heterocycles. The van der Waals surface area contributed by atoms with Crippen molar-refractivity contribution in [2.45, 2.75) is 45.6 Å². The van der Waals surface area contributed by atoms with Gasteiger partial charge in [0.15, 0.2) is 0 Å². The summed E-state index contributed by atoms with van der Waals surface area (Å²) in [7, 11) is 0. The number of hydrogen-bond donors (Lipinski definition) is 1. The van der Waals surface area contributed by atoms with Crippen LogP contribution < -0.4 is 5.32 Å². The highest BCUT2D eigenvalue weighted by Crippen LogP contribution is 2.41. The lowest BCUT2D eigenvalue weighted by Crippen LogP contribution is -2.52. The maximum absolute atomic E-state index is 3.76. The SMILES string of the molecule is CC(C)(C)C1(Cc2cc(Br)cs2)CCCN1. The lowest BCUT2D eigenvalue weighted by molar-refractivity contribution is 0.160. The zero-order valence-corrected chi connectivity index (χ0v) is 12.7. The molecule has 3 heteroatoms. The molecule has 2 rings (SSSR count). The van der Waals surface area contributed by atoms with Gasteiger partial charge < -0.3 is 5.32 Å². The summed E-state index contributed by atoms with van der Waals surface area (Å²) >= 11 is 5.40. The van der Waals surface area contributed by atoms with E-state index < -0.39 is 0 Å². The van der Waals surface area contributed by atoms with Gasteiger partial charge >= 0.3 is 0 Å². The van der Waals surface area contributed by atoms with E-state index in [4.69, 9.17) is 0 Å². The largest absolute Gasteiger partial charge is 0.310 e.